The van der Waals surface area contributed by atoms with Gasteiger partial charge in [-0.15, -0.1) is 0 Å². The second kappa shape index (κ2) is 2.36. The summed E-state index contributed by atoms with van der Waals surface area (Å²) < 4.78 is 8.05. The van der Waals surface area contributed by atoms with Crippen LogP contribution >= 0.6 is 0 Å². The summed E-state index contributed by atoms with van der Waals surface area (Å²) in [6.45, 7) is 2.45. The Labute approximate surface area is 66.2 Å². The van der Waals surface area contributed by atoms with Crippen molar-refractivity contribution in [2.24, 2.45) is 0 Å². The average Bonchev–Trinajstić information content (AvgIpc) is 1.87. The molecule has 9 heavy (non-hydrogen) atoms. The van der Waals surface area contributed by atoms with E-state index < -0.39 is 0 Å². The molecule has 3 aliphatic heterocycles. The van der Waals surface area contributed by atoms with Crippen molar-refractivity contribution in [1.82, 2.24) is 3.11 Å². The summed E-state index contributed by atoms with van der Waals surface area (Å²) in [5.74, 6) is 0. The van der Waals surface area contributed by atoms with Gasteiger partial charge in [-0.2, -0.15) is 0 Å². The molecule has 3 rings (SSSR count). The Balaban J connectivity index is 1.89. The van der Waals surface area contributed by atoms with E-state index in [0.29, 0.717) is 33.7 Å². The molecule has 3 saturated heterocycles. The molecule has 0 aromatic carbocycles. The van der Waals surface area contributed by atoms with Crippen molar-refractivity contribution in [3.63, 3.8) is 0 Å². The van der Waals surface area contributed by atoms with Gasteiger partial charge in [-0.25, -0.2) is 0 Å². The van der Waals surface area contributed by atoms with Gasteiger partial charge in [0.2, 0.25) is 0 Å². The summed E-state index contributed by atoms with van der Waals surface area (Å²) in [6.07, 6.45) is 2.56. The van der Waals surface area contributed by atoms with Crippen molar-refractivity contribution in [1.29, 1.82) is 0 Å². The van der Waals surface area contributed by atoms with E-state index in [9.17, 15) is 0 Å². The van der Waals surface area contributed by atoms with Gasteiger partial charge < -0.3 is 0 Å². The van der Waals surface area contributed by atoms with Crippen molar-refractivity contribution in [2.75, 3.05) is 18.0 Å². The zero-order chi connectivity index (χ0) is 6.27. The normalized spacial score (nSPS) is 42.8. The summed E-state index contributed by atoms with van der Waals surface area (Å²) in [5, 5.41) is 0. The van der Waals surface area contributed by atoms with E-state index in [0.717, 1.165) is 0 Å². The second-order valence-corrected chi connectivity index (χ2v) is 4.94. The van der Waals surface area contributed by atoms with Crippen LogP contribution in [-0.4, -0.2) is 33.3 Å². The van der Waals surface area contributed by atoms with Crippen LogP contribution in [0.25, 0.3) is 0 Å². The first-order valence-corrected chi connectivity index (χ1v) is 6.41. The monoisotopic (exact) mass is 240 g/mol. The Bertz CT molecular complexity index is 104. The predicted molar refractivity (Wildman–Crippen MR) is 30.8 cm³/mol. The van der Waals surface area contributed by atoms with Gasteiger partial charge in [-0.3, -0.25) is 0 Å². The average molecular weight is 240 g/mol. The number of fused-ring (bicyclic) bond motifs is 2. The van der Waals surface area contributed by atoms with E-state index in [2.05, 4.69) is 8.04 Å². The minimum absolute atomic E-state index is 0.343. The van der Waals surface area contributed by atoms with Crippen LogP contribution in [0.4, 0.5) is 0 Å². The fourth-order valence-electron chi connectivity index (χ4n) is 1.44. The first-order chi connectivity index (χ1) is 4.38. The summed E-state index contributed by atoms with van der Waals surface area (Å²) in [5.41, 5.74) is 0. The van der Waals surface area contributed by atoms with Crippen LogP contribution < -0.4 is 21.5 Å². The third-order valence-corrected chi connectivity index (χ3v) is 4.11. The molecule has 2 bridgehead atoms. The molecule has 0 aromatic heterocycles. The van der Waals surface area contributed by atoms with E-state index in [-0.39, 0.29) is 0 Å². The molecule has 2 unspecified atom stereocenters. The molecule has 3 aliphatic rings. The third kappa shape index (κ3) is 1.10. The Morgan fingerprint density at radius 1 is 1.44 bits per heavy atom. The number of halogens is 1. The Morgan fingerprint density at radius 3 is 2.33 bits per heavy atom. The Morgan fingerprint density at radius 2 is 2.00 bits per heavy atom. The number of hydrogen-bond donors (Lipinski definition) is 0. The van der Waals surface area contributed by atoms with Gasteiger partial charge in [0, 0.05) is 0 Å². The van der Waals surface area contributed by atoms with Crippen LogP contribution in [0.2, 0.25) is 0 Å². The zero-order valence-corrected chi connectivity index (χ0v) is 7.67. The summed E-state index contributed by atoms with van der Waals surface area (Å²) in [7, 11) is 0. The van der Waals surface area contributed by atoms with Crippen LogP contribution in [0.5, 0.6) is 0 Å². The van der Waals surface area contributed by atoms with Crippen molar-refractivity contribution in [3.8, 4) is 0 Å². The summed E-state index contributed by atoms with van der Waals surface area (Å²) in [6, 6.07) is 0. The van der Waals surface area contributed by atoms with Crippen molar-refractivity contribution < 1.29 is 26.2 Å². The fourth-order valence-corrected chi connectivity index (χ4v) is 3.11. The molecule has 0 spiro atoms. The third-order valence-electron chi connectivity index (χ3n) is 1.95. The molecule has 54 valence electrons. The number of rotatable bonds is 1. The summed E-state index contributed by atoms with van der Waals surface area (Å²) in [4.78, 5) is 2.32. The van der Waals surface area contributed by atoms with Crippen LogP contribution in [0.15, 0.2) is 0 Å². The SMILES string of the molecule is C[I-]N1CC2CC(C1)O2. The maximum atomic E-state index is 5.48. The molecule has 2 nitrogen and oxygen atoms in total. The molecule has 0 N–H and O–H groups in total. The van der Waals surface area contributed by atoms with Gasteiger partial charge in [0.05, 0.1) is 0 Å². The molecule has 3 heteroatoms. The Hall–Kier alpha value is 0.650. The second-order valence-electron chi connectivity index (χ2n) is 2.61. The van der Waals surface area contributed by atoms with E-state index >= 15 is 0 Å². The Kier molecular flexibility index (Phi) is 1.67. The summed E-state index contributed by atoms with van der Waals surface area (Å²) >= 11 is 0.343. The first-order valence-electron chi connectivity index (χ1n) is 3.28. The van der Waals surface area contributed by atoms with Gasteiger partial charge >= 0.3 is 66.0 Å². The van der Waals surface area contributed by atoms with Crippen molar-refractivity contribution in [3.05, 3.63) is 0 Å². The number of nitrogens with zero attached hydrogens (tertiary/aromatic N) is 1. The maximum absolute atomic E-state index is 5.48. The molecular formula is C6H11INO-. The number of ether oxygens (including phenoxy) is 1. The standard InChI is InChI=1S/C6H11INO/c1-7-8-3-5-2-6(4-8)9-5/h5-6H,2-4H2,1H3/q-1. The quantitative estimate of drug-likeness (QED) is 0.277. The van der Waals surface area contributed by atoms with Crippen molar-refractivity contribution in [2.45, 2.75) is 18.6 Å². The first kappa shape index (κ1) is 6.37. The fraction of sp³-hybridized carbons (Fsp3) is 1.00. The van der Waals surface area contributed by atoms with E-state index in [1.807, 2.05) is 0 Å². The van der Waals surface area contributed by atoms with E-state index in [1.165, 1.54) is 19.5 Å². The minimum atomic E-state index is 0.343. The molecule has 0 saturated carbocycles. The van der Waals surface area contributed by atoms with Crippen LogP contribution in [-0.2, 0) is 4.74 Å². The van der Waals surface area contributed by atoms with E-state index in [1.54, 1.807) is 0 Å². The molecule has 2 atom stereocenters. The topological polar surface area (TPSA) is 12.5 Å². The van der Waals surface area contributed by atoms with E-state index in [4.69, 9.17) is 4.74 Å². The molecule has 0 radical (unpaired) electrons. The van der Waals surface area contributed by atoms with Gasteiger partial charge in [0.1, 0.15) is 0 Å². The van der Waals surface area contributed by atoms with Gasteiger partial charge in [0.15, 0.2) is 0 Å². The predicted octanol–water partition coefficient (Wildman–Crippen LogP) is -2.91. The molecule has 0 amide bonds. The van der Waals surface area contributed by atoms with Crippen LogP contribution in [0, 0.1) is 0 Å². The number of alkyl halides is 1. The number of piperidine rings is 1. The molecule has 0 aromatic rings. The molecular weight excluding hydrogens is 229 g/mol. The number of morpholine rings is 1. The van der Waals surface area contributed by atoms with Crippen LogP contribution in [0.1, 0.15) is 6.42 Å². The van der Waals surface area contributed by atoms with Gasteiger partial charge in [0.25, 0.3) is 0 Å². The van der Waals surface area contributed by atoms with Crippen LogP contribution in [0.3, 0.4) is 0 Å². The van der Waals surface area contributed by atoms with Gasteiger partial charge in [-0.05, 0) is 0 Å². The van der Waals surface area contributed by atoms with Gasteiger partial charge in [-0.1, -0.05) is 0 Å². The molecule has 3 heterocycles. The molecule has 0 aliphatic carbocycles. The molecule has 3 fully saturated rings. The van der Waals surface area contributed by atoms with Crippen molar-refractivity contribution >= 4 is 0 Å². The number of hydrogen-bond acceptors (Lipinski definition) is 2. The zero-order valence-electron chi connectivity index (χ0n) is 5.51.